The summed E-state index contributed by atoms with van der Waals surface area (Å²) in [7, 11) is 1.34. The Labute approximate surface area is 191 Å². The predicted molar refractivity (Wildman–Crippen MR) is 127 cm³/mol. The second kappa shape index (κ2) is 11.0. The summed E-state index contributed by atoms with van der Waals surface area (Å²) < 4.78 is 4.71. The van der Waals surface area contributed by atoms with E-state index in [2.05, 4.69) is 40.9 Å². The number of aliphatic imine (C=N–C) groups is 1. The molecule has 0 unspecified atom stereocenters. The molecule has 0 aliphatic heterocycles. The van der Waals surface area contributed by atoms with E-state index in [1.807, 2.05) is 19.9 Å². The van der Waals surface area contributed by atoms with Crippen LogP contribution < -0.4 is 16.0 Å². The van der Waals surface area contributed by atoms with E-state index < -0.39 is 5.97 Å². The predicted octanol–water partition coefficient (Wildman–Crippen LogP) is 2.60. The number of carbonyl (C=O) groups is 1. The molecule has 32 heavy (non-hydrogen) atoms. The summed E-state index contributed by atoms with van der Waals surface area (Å²) in [4.78, 5) is 32.0. The first-order valence-corrected chi connectivity index (χ1v) is 10.2. The summed E-state index contributed by atoms with van der Waals surface area (Å²) in [5.74, 6) is 0.417. The van der Waals surface area contributed by atoms with Gasteiger partial charge in [0.15, 0.2) is 5.11 Å². The number of benzene rings is 1. The molecule has 11 heteroatoms. The summed E-state index contributed by atoms with van der Waals surface area (Å²) >= 11 is 5.43. The van der Waals surface area contributed by atoms with Gasteiger partial charge in [0.2, 0.25) is 11.9 Å². The van der Waals surface area contributed by atoms with Gasteiger partial charge in [-0.15, -0.1) is 0 Å². The van der Waals surface area contributed by atoms with Crippen LogP contribution in [0.4, 0.5) is 11.6 Å². The van der Waals surface area contributed by atoms with Gasteiger partial charge in [-0.3, -0.25) is 10.3 Å². The van der Waals surface area contributed by atoms with Crippen LogP contribution in [0.2, 0.25) is 0 Å². The smallest absolute Gasteiger partial charge is 0.337 e. The summed E-state index contributed by atoms with van der Waals surface area (Å²) in [6.07, 6.45) is 4.06. The Balaban J connectivity index is 1.68. The number of hydrogen-bond acceptors (Lipinski definition) is 7. The van der Waals surface area contributed by atoms with Crippen LogP contribution in [0.15, 0.2) is 47.8 Å². The molecule has 0 saturated carbocycles. The largest absolute Gasteiger partial charge is 0.465 e. The average Bonchev–Trinajstić information content (AvgIpc) is 3.26. The third kappa shape index (κ3) is 6.84. The number of aryl methyl sites for hydroxylation is 2. The number of imidazole rings is 1. The fourth-order valence-corrected chi connectivity index (χ4v) is 3.00. The minimum absolute atomic E-state index is 0.313. The van der Waals surface area contributed by atoms with Crippen LogP contribution in [0.3, 0.4) is 0 Å². The molecule has 1 aromatic carbocycles. The summed E-state index contributed by atoms with van der Waals surface area (Å²) in [5, 5.41) is 9.51. The molecule has 2 aromatic heterocycles. The Bertz CT molecular complexity index is 1080. The normalized spacial score (nSPS) is 11.0. The van der Waals surface area contributed by atoms with E-state index in [1.54, 1.807) is 36.8 Å². The zero-order chi connectivity index (χ0) is 22.9. The van der Waals surface area contributed by atoms with E-state index in [1.165, 1.54) is 7.11 Å². The van der Waals surface area contributed by atoms with E-state index in [4.69, 9.17) is 17.0 Å². The highest BCUT2D eigenvalue weighted by atomic mass is 32.1. The molecule has 166 valence electrons. The van der Waals surface area contributed by atoms with Gasteiger partial charge in [0.25, 0.3) is 0 Å². The van der Waals surface area contributed by atoms with Crippen LogP contribution in [0.1, 0.15) is 27.4 Å². The van der Waals surface area contributed by atoms with Crippen molar-refractivity contribution in [2.24, 2.45) is 4.99 Å². The number of carbonyl (C=O) groups excluding carboxylic acids is 1. The maximum atomic E-state index is 11.6. The Hall–Kier alpha value is -3.86. The summed E-state index contributed by atoms with van der Waals surface area (Å²) in [6, 6.07) is 8.65. The highest BCUT2D eigenvalue weighted by Crippen LogP contribution is 2.10. The molecule has 0 aliphatic carbocycles. The van der Waals surface area contributed by atoms with Gasteiger partial charge in [0.1, 0.15) is 0 Å². The number of H-pyrrole nitrogens is 1. The third-order valence-corrected chi connectivity index (χ3v) is 4.42. The average molecular weight is 453 g/mol. The number of aromatic amines is 1. The van der Waals surface area contributed by atoms with Gasteiger partial charge in [-0.25, -0.2) is 19.7 Å². The maximum Gasteiger partial charge on any atom is 0.337 e. The molecule has 0 fully saturated rings. The Morgan fingerprint density at radius 3 is 2.50 bits per heavy atom. The standard InChI is InChI=1S/C21H24N8O2S/c1-13-10-14(2)26-20(25-13)28-19(23-9-8-17-11-22-12-24-17)29-21(32)27-16-6-4-15(5-7-16)18(30)31-3/h4-7,10-12H,8-9H2,1-3H3,(H,22,24)(H3,23,25,26,27,28,29,32). The van der Waals surface area contributed by atoms with Crippen LogP contribution >= 0.6 is 12.2 Å². The molecule has 10 nitrogen and oxygen atoms in total. The van der Waals surface area contributed by atoms with Gasteiger partial charge in [-0.1, -0.05) is 0 Å². The van der Waals surface area contributed by atoms with Crippen molar-refractivity contribution in [2.45, 2.75) is 20.3 Å². The number of anilines is 2. The van der Waals surface area contributed by atoms with Crippen molar-refractivity contribution in [3.05, 3.63) is 65.5 Å². The lowest BCUT2D eigenvalue weighted by Crippen LogP contribution is -2.39. The minimum atomic E-state index is -0.401. The number of ether oxygens (including phenoxy) is 1. The molecule has 0 radical (unpaired) electrons. The van der Waals surface area contributed by atoms with Crippen molar-refractivity contribution < 1.29 is 9.53 Å². The summed E-state index contributed by atoms with van der Waals surface area (Å²) in [6.45, 7) is 4.28. The van der Waals surface area contributed by atoms with E-state index in [0.717, 1.165) is 17.1 Å². The van der Waals surface area contributed by atoms with Gasteiger partial charge in [-0.2, -0.15) is 0 Å². The lowest BCUT2D eigenvalue weighted by atomic mass is 10.2. The van der Waals surface area contributed by atoms with Crippen molar-refractivity contribution >= 4 is 40.9 Å². The molecule has 4 N–H and O–H groups in total. The minimum Gasteiger partial charge on any atom is -0.465 e. The third-order valence-electron chi connectivity index (χ3n) is 4.21. The Kier molecular flexibility index (Phi) is 7.81. The number of hydrogen-bond donors (Lipinski definition) is 4. The second-order valence-corrected chi connectivity index (χ2v) is 7.21. The van der Waals surface area contributed by atoms with E-state index in [-0.39, 0.29) is 0 Å². The fourth-order valence-electron chi connectivity index (χ4n) is 2.78. The number of thiocarbonyl (C=S) groups is 1. The van der Waals surface area contributed by atoms with Gasteiger partial charge in [0.05, 0.1) is 19.0 Å². The van der Waals surface area contributed by atoms with Crippen LogP contribution in [0, 0.1) is 13.8 Å². The highest BCUT2D eigenvalue weighted by Gasteiger charge is 2.09. The monoisotopic (exact) mass is 452 g/mol. The van der Waals surface area contributed by atoms with Crippen LogP contribution in [-0.4, -0.2) is 50.6 Å². The Morgan fingerprint density at radius 1 is 1.16 bits per heavy atom. The maximum absolute atomic E-state index is 11.6. The zero-order valence-electron chi connectivity index (χ0n) is 18.0. The van der Waals surface area contributed by atoms with Crippen LogP contribution in [-0.2, 0) is 11.2 Å². The first-order valence-electron chi connectivity index (χ1n) is 9.80. The van der Waals surface area contributed by atoms with Gasteiger partial charge >= 0.3 is 5.97 Å². The number of aromatic nitrogens is 4. The molecule has 2 heterocycles. The molecule has 0 amide bonds. The SMILES string of the molecule is COC(=O)c1ccc(NC(=S)NC(=NCCc2cnc[nH]2)Nc2nc(C)cc(C)n2)cc1. The quantitative estimate of drug-likeness (QED) is 0.193. The fraction of sp³-hybridized carbons (Fsp3) is 0.238. The topological polar surface area (TPSA) is 129 Å². The van der Waals surface area contributed by atoms with Crippen molar-refractivity contribution in [1.82, 2.24) is 25.3 Å². The van der Waals surface area contributed by atoms with Gasteiger partial charge in [-0.05, 0) is 56.4 Å². The lowest BCUT2D eigenvalue weighted by Gasteiger charge is -2.14. The van der Waals surface area contributed by atoms with E-state index >= 15 is 0 Å². The molecule has 3 aromatic rings. The van der Waals surface area contributed by atoms with Crippen molar-refractivity contribution in [3.8, 4) is 0 Å². The van der Waals surface area contributed by atoms with E-state index in [0.29, 0.717) is 41.2 Å². The van der Waals surface area contributed by atoms with Crippen molar-refractivity contribution in [1.29, 1.82) is 0 Å². The first kappa shape index (κ1) is 22.8. The van der Waals surface area contributed by atoms with Crippen molar-refractivity contribution in [3.63, 3.8) is 0 Å². The van der Waals surface area contributed by atoms with Crippen LogP contribution in [0.25, 0.3) is 0 Å². The van der Waals surface area contributed by atoms with Crippen LogP contribution in [0.5, 0.6) is 0 Å². The number of methoxy groups -OCH3 is 1. The zero-order valence-corrected chi connectivity index (χ0v) is 18.8. The van der Waals surface area contributed by atoms with E-state index in [9.17, 15) is 4.79 Å². The molecular weight excluding hydrogens is 428 g/mol. The highest BCUT2D eigenvalue weighted by molar-refractivity contribution is 7.80. The van der Waals surface area contributed by atoms with Gasteiger partial charge < -0.3 is 20.4 Å². The molecule has 0 spiro atoms. The molecular formula is C21H24N8O2S. The number of guanidine groups is 1. The van der Waals surface area contributed by atoms with Crippen molar-refractivity contribution in [2.75, 3.05) is 24.3 Å². The number of nitrogens with zero attached hydrogens (tertiary/aromatic N) is 4. The number of rotatable bonds is 6. The summed E-state index contributed by atoms with van der Waals surface area (Å²) in [5.41, 5.74) is 3.80. The molecule has 0 aliphatic rings. The molecule has 0 saturated heterocycles. The molecule has 3 rings (SSSR count). The molecule has 0 bridgehead atoms. The second-order valence-electron chi connectivity index (χ2n) is 6.80. The number of nitrogens with one attached hydrogen (secondary N) is 4. The lowest BCUT2D eigenvalue weighted by molar-refractivity contribution is 0.0601. The van der Waals surface area contributed by atoms with Gasteiger partial charge in [0, 0.05) is 41.9 Å². The first-order chi connectivity index (χ1) is 15.4. The number of esters is 1. The Morgan fingerprint density at radius 2 is 1.88 bits per heavy atom. The molecule has 0 atom stereocenters.